The van der Waals surface area contributed by atoms with Gasteiger partial charge in [0.15, 0.2) is 0 Å². The summed E-state index contributed by atoms with van der Waals surface area (Å²) in [6, 6.07) is 22.2. The molecule has 1 aliphatic carbocycles. The fourth-order valence-electron chi connectivity index (χ4n) is 11.0. The molecule has 17 heteroatoms. The van der Waals surface area contributed by atoms with E-state index in [9.17, 15) is 28.8 Å². The molecule has 424 valence electrons. The fourth-order valence-corrected chi connectivity index (χ4v) is 11.0. The number of benzene rings is 4. The maximum absolute atomic E-state index is 15.6. The second-order valence-corrected chi connectivity index (χ2v) is 23.9. The van der Waals surface area contributed by atoms with Crippen LogP contribution in [0.5, 0.6) is 0 Å². The van der Waals surface area contributed by atoms with Crippen LogP contribution in [0.15, 0.2) is 97.1 Å². The third kappa shape index (κ3) is 14.1. The number of amides is 7. The molecule has 2 aliphatic heterocycles. The number of likely N-dealkylation sites (N-methyl/N-ethyl adjacent to an activating group) is 2. The third-order valence-electron chi connectivity index (χ3n) is 16.0. The molecule has 0 spiro atoms. The van der Waals surface area contributed by atoms with Crippen LogP contribution < -0.4 is 31.9 Å². The minimum atomic E-state index is -1.08. The second kappa shape index (κ2) is 25.4. The van der Waals surface area contributed by atoms with Crippen LogP contribution in [0.3, 0.4) is 0 Å². The molecule has 2 heterocycles. The van der Waals surface area contributed by atoms with E-state index >= 15 is 9.18 Å². The molecule has 16 nitrogen and oxygen atoms in total. The van der Waals surface area contributed by atoms with Gasteiger partial charge in [0.25, 0.3) is 11.8 Å². The van der Waals surface area contributed by atoms with Crippen molar-refractivity contribution >= 4 is 41.4 Å². The predicted octanol–water partition coefficient (Wildman–Crippen LogP) is 6.08. The Morgan fingerprint density at radius 2 is 1.22 bits per heavy atom. The Morgan fingerprint density at radius 1 is 0.671 bits per heavy atom. The Morgan fingerprint density at radius 3 is 1.80 bits per heavy atom. The number of likely N-dealkylation sites (tertiary alicyclic amines) is 1. The third-order valence-corrected chi connectivity index (χ3v) is 16.0. The van der Waals surface area contributed by atoms with Gasteiger partial charge >= 0.3 is 0 Å². The first-order valence-corrected chi connectivity index (χ1v) is 27.9. The maximum atomic E-state index is 15.6. The molecule has 6 N–H and O–H groups in total. The first-order valence-electron chi connectivity index (χ1n) is 27.9. The minimum absolute atomic E-state index is 0.0186. The first kappa shape index (κ1) is 59.7. The Balaban J connectivity index is 1.15. The molecule has 7 rings (SSSR count). The summed E-state index contributed by atoms with van der Waals surface area (Å²) in [6.45, 7) is 16.7. The average molecular weight is 1080 g/mol. The average Bonchev–Trinajstić information content (AvgIpc) is 3.89. The number of rotatable bonds is 18. The molecule has 9 atom stereocenters. The van der Waals surface area contributed by atoms with Crippen molar-refractivity contribution in [2.24, 2.45) is 10.8 Å². The topological polar surface area (TPSA) is 201 Å². The zero-order chi connectivity index (χ0) is 57.5. The number of hydrogen-bond donors (Lipinski definition) is 6. The van der Waals surface area contributed by atoms with Crippen molar-refractivity contribution in [3.8, 4) is 0 Å². The van der Waals surface area contributed by atoms with E-state index in [0.29, 0.717) is 28.7 Å². The summed E-state index contributed by atoms with van der Waals surface area (Å²) in [5.74, 6) is -3.11. The summed E-state index contributed by atoms with van der Waals surface area (Å²) in [6.07, 6.45) is 3.32. The van der Waals surface area contributed by atoms with Gasteiger partial charge in [0, 0.05) is 37.3 Å². The van der Waals surface area contributed by atoms with Crippen LogP contribution >= 0.6 is 0 Å². The highest BCUT2D eigenvalue weighted by atomic mass is 19.1. The SMILES string of the molecule is CNC(C)C(=O)NC(C(=O)N1CCc2ccccc2[C@H]1C(=O)N(Cc1ccc(C(=O)N[C@H]2C[C@@H](C(=O)N[C@@H]3CCCc4ccccc43)N(C(=O)C(NC(=O)C(C)NC)C(C)(C)C)C2)cc1)C(C)Cc1ccccc1F)C(C)(C)C. The van der Waals surface area contributed by atoms with Gasteiger partial charge in [-0.1, -0.05) is 120 Å². The van der Waals surface area contributed by atoms with Crippen LogP contribution in [0.2, 0.25) is 0 Å². The van der Waals surface area contributed by atoms with Crippen molar-refractivity contribution < 1.29 is 38.0 Å². The van der Waals surface area contributed by atoms with Crippen LogP contribution in [-0.2, 0) is 54.6 Å². The lowest BCUT2D eigenvalue weighted by Crippen LogP contribution is -2.60. The van der Waals surface area contributed by atoms with Crippen LogP contribution in [0.4, 0.5) is 4.39 Å². The zero-order valence-corrected chi connectivity index (χ0v) is 47.9. The molecule has 1 saturated heterocycles. The summed E-state index contributed by atoms with van der Waals surface area (Å²) in [4.78, 5) is 105. The molecule has 4 aromatic carbocycles. The van der Waals surface area contributed by atoms with Crippen LogP contribution in [0, 0.1) is 16.6 Å². The van der Waals surface area contributed by atoms with Crippen LogP contribution in [-0.4, -0.2) is 126 Å². The molecule has 0 radical (unpaired) electrons. The molecule has 5 unspecified atom stereocenters. The van der Waals surface area contributed by atoms with E-state index < -0.39 is 82.7 Å². The van der Waals surface area contributed by atoms with E-state index in [4.69, 9.17) is 0 Å². The fraction of sp³-hybridized carbons (Fsp3) is 0.500. The number of carbonyl (C=O) groups is 7. The maximum Gasteiger partial charge on any atom is 0.251 e. The molecule has 79 heavy (non-hydrogen) atoms. The van der Waals surface area contributed by atoms with Crippen molar-refractivity contribution in [1.29, 1.82) is 0 Å². The minimum Gasteiger partial charge on any atom is -0.347 e. The van der Waals surface area contributed by atoms with E-state index in [1.807, 2.05) is 90.9 Å². The molecule has 7 amide bonds. The number of aryl methyl sites for hydroxylation is 1. The van der Waals surface area contributed by atoms with Gasteiger partial charge in [-0.15, -0.1) is 0 Å². The lowest BCUT2D eigenvalue weighted by Gasteiger charge is -2.43. The Hall–Kier alpha value is -6.98. The van der Waals surface area contributed by atoms with Gasteiger partial charge in [0.1, 0.15) is 30.0 Å². The van der Waals surface area contributed by atoms with Gasteiger partial charge < -0.3 is 46.6 Å². The van der Waals surface area contributed by atoms with Crippen LogP contribution in [0.1, 0.15) is 137 Å². The molecule has 3 aliphatic rings. The zero-order valence-electron chi connectivity index (χ0n) is 47.9. The Bertz CT molecular complexity index is 2860. The van der Waals surface area contributed by atoms with Crippen molar-refractivity contribution in [1.82, 2.24) is 46.6 Å². The second-order valence-electron chi connectivity index (χ2n) is 23.9. The van der Waals surface area contributed by atoms with Gasteiger partial charge in [0.05, 0.1) is 18.1 Å². The molecule has 0 bridgehead atoms. The summed E-state index contributed by atoms with van der Waals surface area (Å²) >= 11 is 0. The van der Waals surface area contributed by atoms with Crippen molar-refractivity contribution in [2.75, 3.05) is 27.2 Å². The Labute approximate surface area is 465 Å². The highest BCUT2D eigenvalue weighted by Crippen LogP contribution is 2.36. The summed E-state index contributed by atoms with van der Waals surface area (Å²) in [7, 11) is 3.32. The summed E-state index contributed by atoms with van der Waals surface area (Å²) in [5, 5.41) is 18.1. The number of nitrogens with zero attached hydrogens (tertiary/aromatic N) is 3. The molecule has 0 saturated carbocycles. The summed E-state index contributed by atoms with van der Waals surface area (Å²) < 4.78 is 15.4. The van der Waals surface area contributed by atoms with Crippen molar-refractivity contribution in [3.05, 3.63) is 142 Å². The number of carbonyl (C=O) groups excluding carboxylic acids is 7. The highest BCUT2D eigenvalue weighted by Gasteiger charge is 2.47. The van der Waals surface area contributed by atoms with Crippen molar-refractivity contribution in [2.45, 2.75) is 162 Å². The number of halogens is 1. The van der Waals surface area contributed by atoms with Gasteiger partial charge in [-0.05, 0) is 136 Å². The van der Waals surface area contributed by atoms with Gasteiger partial charge in [0.2, 0.25) is 29.5 Å². The van der Waals surface area contributed by atoms with Crippen LogP contribution in [0.25, 0.3) is 0 Å². The molecular weight excluding hydrogens is 1000 g/mol. The lowest BCUT2D eigenvalue weighted by molar-refractivity contribution is -0.152. The van der Waals surface area contributed by atoms with Gasteiger partial charge in [-0.3, -0.25) is 33.6 Å². The predicted molar refractivity (Wildman–Crippen MR) is 303 cm³/mol. The van der Waals surface area contributed by atoms with E-state index in [1.54, 1.807) is 80.2 Å². The largest absolute Gasteiger partial charge is 0.347 e. The molecule has 4 aromatic rings. The first-order chi connectivity index (χ1) is 37.4. The van der Waals surface area contributed by atoms with Gasteiger partial charge in [-0.2, -0.15) is 0 Å². The Kier molecular flexibility index (Phi) is 19.2. The molecular formula is C62H82FN9O7. The van der Waals surface area contributed by atoms with E-state index in [2.05, 4.69) is 38.0 Å². The normalized spacial score (nSPS) is 20.1. The molecule has 0 aromatic heterocycles. The lowest BCUT2D eigenvalue weighted by atomic mass is 9.83. The smallest absolute Gasteiger partial charge is 0.251 e. The van der Waals surface area contributed by atoms with Gasteiger partial charge in [-0.25, -0.2) is 4.39 Å². The highest BCUT2D eigenvalue weighted by molar-refractivity contribution is 5.97. The van der Waals surface area contributed by atoms with E-state index in [1.165, 1.54) is 16.5 Å². The summed E-state index contributed by atoms with van der Waals surface area (Å²) in [5.41, 5.74) is 3.70. The molecule has 1 fully saturated rings. The number of hydrogen-bond acceptors (Lipinski definition) is 9. The standard InChI is InChI=1S/C62H82FN9O7/c1-37(33-44-21-14-17-25-48(44)63)71(58(77)51-47-24-16-13-20-42(47)31-32-70(51)59(78)52(61(4,5)6)68-54(73)38(2)64-10)35-40-27-29-43(30-28-40)56(75)66-45-34-50(57(76)67-49-26-18-22-41-19-12-15-23-46(41)49)72(36-45)60(79)53(62(7,8)9)69-55(74)39(3)65-11/h12-17,19-21,23-25,27-30,37-39,45,49-53,64-65H,18,22,26,31-36H2,1-11H3,(H,66,75)(H,67,76)(H,68,73)(H,69,74)/t37?,38?,39?,45-,49+,50-,51-,52?,53?/m0/s1. The van der Waals surface area contributed by atoms with Crippen molar-refractivity contribution in [3.63, 3.8) is 0 Å². The number of fused-ring (bicyclic) bond motifs is 2. The van der Waals surface area contributed by atoms with E-state index in [-0.39, 0.29) is 62.1 Å². The quantitative estimate of drug-likeness (QED) is 0.0683. The number of nitrogens with one attached hydrogen (secondary N) is 6. The van der Waals surface area contributed by atoms with E-state index in [0.717, 1.165) is 30.4 Å². The monoisotopic (exact) mass is 1080 g/mol.